The standard InChI is InChI=1S/C22H33NO2/c1-5-19-15(2)12-18(14-22(19,3)4)25-11-7-10-16-8-6-9-17-13-20(24)23-21(16)17/h6,8-9,15,18-19H,5,7,10-14H2,1-4H3,(H,23,24). The van der Waals surface area contributed by atoms with Crippen LogP contribution in [-0.2, 0) is 22.4 Å². The fraction of sp³-hybridized carbons (Fsp3) is 0.682. The first-order valence-corrected chi connectivity index (χ1v) is 9.93. The van der Waals surface area contributed by atoms with Crippen molar-refractivity contribution in [2.75, 3.05) is 11.9 Å². The quantitative estimate of drug-likeness (QED) is 0.740. The molecule has 1 aromatic rings. The highest BCUT2D eigenvalue weighted by Gasteiger charge is 2.40. The van der Waals surface area contributed by atoms with Crippen molar-refractivity contribution in [3.8, 4) is 0 Å². The summed E-state index contributed by atoms with van der Waals surface area (Å²) in [4.78, 5) is 11.6. The summed E-state index contributed by atoms with van der Waals surface area (Å²) in [6.07, 6.45) is 6.53. The average Bonchev–Trinajstić information content (AvgIpc) is 2.91. The number of ether oxygens (including phenoxy) is 1. The summed E-state index contributed by atoms with van der Waals surface area (Å²) in [6.45, 7) is 10.3. The van der Waals surface area contributed by atoms with E-state index in [0.717, 1.165) is 42.5 Å². The van der Waals surface area contributed by atoms with Crippen LogP contribution in [0.2, 0.25) is 0 Å². The summed E-state index contributed by atoms with van der Waals surface area (Å²) in [6, 6.07) is 6.23. The van der Waals surface area contributed by atoms with E-state index >= 15 is 0 Å². The first kappa shape index (κ1) is 18.4. The molecule has 25 heavy (non-hydrogen) atoms. The normalized spacial score (nSPS) is 27.8. The van der Waals surface area contributed by atoms with E-state index in [1.807, 2.05) is 6.07 Å². The molecule has 0 spiro atoms. The average molecular weight is 344 g/mol. The summed E-state index contributed by atoms with van der Waals surface area (Å²) in [5.74, 6) is 1.66. The summed E-state index contributed by atoms with van der Waals surface area (Å²) in [5.41, 5.74) is 3.81. The van der Waals surface area contributed by atoms with Crippen molar-refractivity contribution in [1.29, 1.82) is 0 Å². The van der Waals surface area contributed by atoms with Crippen LogP contribution in [0.5, 0.6) is 0 Å². The van der Waals surface area contributed by atoms with Gasteiger partial charge in [-0.2, -0.15) is 0 Å². The zero-order chi connectivity index (χ0) is 18.0. The van der Waals surface area contributed by atoms with E-state index < -0.39 is 0 Å². The SMILES string of the molecule is CCC1C(C)CC(OCCCc2cccc3c2NC(=O)C3)CC1(C)C. The van der Waals surface area contributed by atoms with Crippen molar-refractivity contribution in [1.82, 2.24) is 0 Å². The predicted molar refractivity (Wildman–Crippen MR) is 103 cm³/mol. The number of aryl methyl sites for hydroxylation is 1. The van der Waals surface area contributed by atoms with Gasteiger partial charge >= 0.3 is 0 Å². The Hall–Kier alpha value is -1.35. The Bertz CT molecular complexity index is 622. The molecule has 0 aromatic heterocycles. The van der Waals surface area contributed by atoms with Crippen LogP contribution >= 0.6 is 0 Å². The zero-order valence-corrected chi connectivity index (χ0v) is 16.2. The van der Waals surface area contributed by atoms with Gasteiger partial charge in [-0.15, -0.1) is 0 Å². The largest absolute Gasteiger partial charge is 0.378 e. The topological polar surface area (TPSA) is 38.3 Å². The molecule has 1 amide bonds. The third kappa shape index (κ3) is 4.08. The lowest BCUT2D eigenvalue weighted by Gasteiger charge is -2.46. The van der Waals surface area contributed by atoms with Gasteiger partial charge in [0.2, 0.25) is 5.91 Å². The van der Waals surface area contributed by atoms with E-state index in [1.165, 1.54) is 24.8 Å². The zero-order valence-electron chi connectivity index (χ0n) is 16.2. The number of rotatable bonds is 6. The number of benzene rings is 1. The van der Waals surface area contributed by atoms with Crippen molar-refractivity contribution < 1.29 is 9.53 Å². The van der Waals surface area contributed by atoms with Gasteiger partial charge in [0.1, 0.15) is 0 Å². The summed E-state index contributed by atoms with van der Waals surface area (Å²) in [5, 5.41) is 3.00. The lowest BCUT2D eigenvalue weighted by atomic mass is 9.62. The molecule has 1 N–H and O–H groups in total. The van der Waals surface area contributed by atoms with Crippen LogP contribution in [0, 0.1) is 17.3 Å². The molecule has 1 fully saturated rings. The van der Waals surface area contributed by atoms with Crippen LogP contribution in [-0.4, -0.2) is 18.6 Å². The molecule has 1 aromatic carbocycles. The Labute approximate surface area is 152 Å². The highest BCUT2D eigenvalue weighted by Crippen LogP contribution is 2.46. The monoisotopic (exact) mass is 343 g/mol. The number of amides is 1. The molecule has 138 valence electrons. The molecule has 3 rings (SSSR count). The fourth-order valence-electron chi connectivity index (χ4n) is 5.29. The Balaban J connectivity index is 1.48. The Morgan fingerprint density at radius 2 is 2.12 bits per heavy atom. The van der Waals surface area contributed by atoms with E-state index in [-0.39, 0.29) is 5.91 Å². The number of nitrogens with one attached hydrogen (secondary N) is 1. The van der Waals surface area contributed by atoms with Gasteiger partial charge in [0.15, 0.2) is 0 Å². The van der Waals surface area contributed by atoms with Crippen molar-refractivity contribution in [2.24, 2.45) is 17.3 Å². The molecular weight excluding hydrogens is 310 g/mol. The molecule has 3 nitrogen and oxygen atoms in total. The maximum atomic E-state index is 11.6. The molecule has 1 saturated carbocycles. The number of carbonyl (C=O) groups excluding carboxylic acids is 1. The maximum absolute atomic E-state index is 11.6. The molecular formula is C22H33NO2. The van der Waals surface area contributed by atoms with Crippen molar-refractivity contribution >= 4 is 11.6 Å². The second kappa shape index (κ2) is 7.49. The lowest BCUT2D eigenvalue weighted by Crippen LogP contribution is -2.40. The van der Waals surface area contributed by atoms with Crippen LogP contribution in [0.4, 0.5) is 5.69 Å². The number of carbonyl (C=O) groups is 1. The molecule has 3 atom stereocenters. The summed E-state index contributed by atoms with van der Waals surface area (Å²) < 4.78 is 6.26. The van der Waals surface area contributed by atoms with Gasteiger partial charge in [0, 0.05) is 12.3 Å². The summed E-state index contributed by atoms with van der Waals surface area (Å²) in [7, 11) is 0. The molecule has 0 bridgehead atoms. The lowest BCUT2D eigenvalue weighted by molar-refractivity contribution is -0.115. The van der Waals surface area contributed by atoms with Gasteiger partial charge in [-0.1, -0.05) is 52.3 Å². The van der Waals surface area contributed by atoms with E-state index in [9.17, 15) is 4.79 Å². The predicted octanol–water partition coefficient (Wildman–Crippen LogP) is 4.98. The van der Waals surface area contributed by atoms with Gasteiger partial charge < -0.3 is 10.1 Å². The smallest absolute Gasteiger partial charge is 0.228 e. The van der Waals surface area contributed by atoms with Crippen molar-refractivity contribution in [2.45, 2.75) is 72.3 Å². The second-order valence-electron chi connectivity index (χ2n) is 8.69. The van der Waals surface area contributed by atoms with Gasteiger partial charge in [0.25, 0.3) is 0 Å². The summed E-state index contributed by atoms with van der Waals surface area (Å²) >= 11 is 0. The number of hydrogen-bond acceptors (Lipinski definition) is 2. The van der Waals surface area contributed by atoms with Crippen molar-refractivity contribution in [3.63, 3.8) is 0 Å². The molecule has 2 aliphatic rings. The van der Waals surface area contributed by atoms with Gasteiger partial charge in [-0.3, -0.25) is 4.79 Å². The Morgan fingerprint density at radius 1 is 1.32 bits per heavy atom. The van der Waals surface area contributed by atoms with Crippen LogP contribution in [0.3, 0.4) is 0 Å². The van der Waals surface area contributed by atoms with E-state index in [0.29, 0.717) is 17.9 Å². The number of hydrogen-bond donors (Lipinski definition) is 1. The molecule has 0 radical (unpaired) electrons. The van der Waals surface area contributed by atoms with Gasteiger partial charge in [-0.05, 0) is 54.1 Å². The highest BCUT2D eigenvalue weighted by atomic mass is 16.5. The molecule has 0 saturated heterocycles. The molecule has 3 heteroatoms. The minimum atomic E-state index is 0.114. The van der Waals surface area contributed by atoms with Crippen molar-refractivity contribution in [3.05, 3.63) is 29.3 Å². The fourth-order valence-corrected chi connectivity index (χ4v) is 5.29. The number of para-hydroxylation sites is 1. The molecule has 1 heterocycles. The molecule has 3 unspecified atom stereocenters. The van der Waals surface area contributed by atoms with Crippen LogP contribution in [0.25, 0.3) is 0 Å². The first-order valence-electron chi connectivity index (χ1n) is 9.93. The van der Waals surface area contributed by atoms with E-state index in [1.54, 1.807) is 0 Å². The molecule has 1 aliphatic heterocycles. The third-order valence-corrected chi connectivity index (χ3v) is 6.32. The van der Waals surface area contributed by atoms with Crippen LogP contribution in [0.15, 0.2) is 18.2 Å². The van der Waals surface area contributed by atoms with E-state index in [2.05, 4.69) is 45.1 Å². The molecule has 1 aliphatic carbocycles. The van der Waals surface area contributed by atoms with E-state index in [4.69, 9.17) is 4.74 Å². The number of fused-ring (bicyclic) bond motifs is 1. The van der Waals surface area contributed by atoms with Crippen LogP contribution < -0.4 is 5.32 Å². The highest BCUT2D eigenvalue weighted by molar-refractivity contribution is 6.00. The number of anilines is 1. The second-order valence-corrected chi connectivity index (χ2v) is 8.69. The third-order valence-electron chi connectivity index (χ3n) is 6.32. The maximum Gasteiger partial charge on any atom is 0.228 e. The van der Waals surface area contributed by atoms with Crippen LogP contribution in [0.1, 0.15) is 64.5 Å². The minimum absolute atomic E-state index is 0.114. The van der Waals surface area contributed by atoms with Gasteiger partial charge in [-0.25, -0.2) is 0 Å². The Morgan fingerprint density at radius 3 is 2.84 bits per heavy atom. The minimum Gasteiger partial charge on any atom is -0.378 e. The first-order chi connectivity index (χ1) is 11.9. The van der Waals surface area contributed by atoms with Gasteiger partial charge in [0.05, 0.1) is 12.5 Å². The Kier molecular flexibility index (Phi) is 5.52.